The molecule has 1 N–H and O–H groups in total. The van der Waals surface area contributed by atoms with E-state index in [2.05, 4.69) is 5.32 Å². The maximum absolute atomic E-state index is 13.2. The average molecular weight is 366 g/mol. The van der Waals surface area contributed by atoms with Crippen molar-refractivity contribution in [2.24, 2.45) is 0 Å². The third kappa shape index (κ3) is 4.88. The van der Waals surface area contributed by atoms with Gasteiger partial charge in [-0.1, -0.05) is 18.2 Å². The van der Waals surface area contributed by atoms with Crippen LogP contribution in [0.5, 0.6) is 5.75 Å². The highest BCUT2D eigenvalue weighted by Gasteiger charge is 2.10. The molecule has 0 atom stereocenters. The van der Waals surface area contributed by atoms with E-state index in [1.165, 1.54) is 36.4 Å². The molecule has 6 nitrogen and oxygen atoms in total. The fourth-order valence-corrected chi connectivity index (χ4v) is 2.39. The minimum atomic E-state index is -0.527. The number of carbonyl (C=O) groups excluding carboxylic acids is 1. The van der Waals surface area contributed by atoms with Crippen molar-refractivity contribution in [2.45, 2.75) is 6.61 Å². The summed E-state index contributed by atoms with van der Waals surface area (Å²) < 4.78 is 18.8. The Morgan fingerprint density at radius 1 is 1.04 bits per heavy atom. The molecule has 0 unspecified atom stereocenters. The molecule has 0 radical (unpaired) electrons. The van der Waals surface area contributed by atoms with E-state index in [0.717, 1.165) is 0 Å². The van der Waals surface area contributed by atoms with Gasteiger partial charge in [0.1, 0.15) is 18.2 Å². The minimum Gasteiger partial charge on any atom is -0.489 e. The fourth-order valence-electron chi connectivity index (χ4n) is 2.39. The molecule has 0 bridgehead atoms. The van der Waals surface area contributed by atoms with Crippen molar-refractivity contribution in [1.29, 1.82) is 0 Å². The molecule has 0 aliphatic rings. The second-order valence-corrected chi connectivity index (χ2v) is 5.70. The Balaban J connectivity index is 1.64. The van der Waals surface area contributed by atoms with Crippen molar-refractivity contribution in [3.63, 3.8) is 0 Å². The summed E-state index contributed by atoms with van der Waals surface area (Å²) in [5.74, 6) is -0.215. The third-order valence-corrected chi connectivity index (χ3v) is 3.73. The molecule has 27 heavy (non-hydrogen) atoms. The summed E-state index contributed by atoms with van der Waals surface area (Å²) in [7, 11) is 0. The molecule has 0 aliphatic heterocycles. The van der Waals surface area contributed by atoms with E-state index in [4.69, 9.17) is 4.74 Å². The molecule has 0 saturated carbocycles. The summed E-state index contributed by atoms with van der Waals surface area (Å²) >= 11 is 0. The van der Waals surface area contributed by atoms with Crippen molar-refractivity contribution < 1.29 is 18.8 Å². The van der Waals surface area contributed by atoms with Crippen molar-refractivity contribution >= 4 is 17.3 Å². The smallest absolute Gasteiger partial charge is 0.269 e. The first-order valence-corrected chi connectivity index (χ1v) is 8.04. The number of halogens is 1. The minimum absolute atomic E-state index is 0.0840. The Kier molecular flexibility index (Phi) is 5.41. The van der Waals surface area contributed by atoms with E-state index in [-0.39, 0.29) is 18.1 Å². The number of hydrogen-bond donors (Lipinski definition) is 1. The van der Waals surface area contributed by atoms with Crippen LogP contribution in [0, 0.1) is 15.9 Å². The molecule has 3 rings (SSSR count). The number of nitrogens with zero attached hydrogens (tertiary/aromatic N) is 1. The lowest BCUT2D eigenvalue weighted by Crippen LogP contribution is -2.11. The summed E-state index contributed by atoms with van der Waals surface area (Å²) in [5.41, 5.74) is 1.41. The molecule has 136 valence electrons. The largest absolute Gasteiger partial charge is 0.489 e. The van der Waals surface area contributed by atoms with E-state index in [0.29, 0.717) is 22.6 Å². The highest BCUT2D eigenvalue weighted by Crippen LogP contribution is 2.20. The fraction of sp³-hybridized carbons (Fsp3) is 0.0500. The number of non-ortho nitro benzene ring substituents is 1. The van der Waals surface area contributed by atoms with Gasteiger partial charge in [-0.05, 0) is 42.0 Å². The number of nitro benzene ring substituents is 1. The molecular formula is C20H15FN2O4. The normalized spacial score (nSPS) is 10.3. The highest BCUT2D eigenvalue weighted by molar-refractivity contribution is 6.04. The molecule has 0 aromatic heterocycles. The SMILES string of the molecule is O=C(Nc1cccc(OCc2cccc(F)c2)c1)c1ccc([N+](=O)[O-])cc1. The molecular weight excluding hydrogens is 351 g/mol. The maximum atomic E-state index is 13.2. The summed E-state index contributed by atoms with van der Waals surface area (Å²) in [6, 6.07) is 18.2. The number of rotatable bonds is 6. The number of hydrogen-bond acceptors (Lipinski definition) is 4. The van der Waals surface area contributed by atoms with E-state index in [9.17, 15) is 19.3 Å². The van der Waals surface area contributed by atoms with Gasteiger partial charge in [-0.25, -0.2) is 4.39 Å². The van der Waals surface area contributed by atoms with Crippen LogP contribution in [0.2, 0.25) is 0 Å². The van der Waals surface area contributed by atoms with Gasteiger partial charge in [0.2, 0.25) is 0 Å². The number of amides is 1. The summed E-state index contributed by atoms with van der Waals surface area (Å²) in [6.45, 7) is 0.192. The zero-order chi connectivity index (χ0) is 19.2. The molecule has 0 saturated heterocycles. The van der Waals surface area contributed by atoms with Crippen LogP contribution >= 0.6 is 0 Å². The van der Waals surface area contributed by atoms with Gasteiger partial charge >= 0.3 is 0 Å². The second-order valence-electron chi connectivity index (χ2n) is 5.70. The average Bonchev–Trinajstić information content (AvgIpc) is 2.67. The Morgan fingerprint density at radius 3 is 2.48 bits per heavy atom. The lowest BCUT2D eigenvalue weighted by Gasteiger charge is -2.09. The number of ether oxygens (including phenoxy) is 1. The Bertz CT molecular complexity index is 974. The Morgan fingerprint density at radius 2 is 1.78 bits per heavy atom. The number of nitrogens with one attached hydrogen (secondary N) is 1. The molecule has 3 aromatic rings. The number of benzene rings is 3. The van der Waals surface area contributed by atoms with Gasteiger partial charge in [0.05, 0.1) is 4.92 Å². The number of nitro groups is 1. The van der Waals surface area contributed by atoms with Gasteiger partial charge in [-0.15, -0.1) is 0 Å². The van der Waals surface area contributed by atoms with E-state index in [1.54, 1.807) is 36.4 Å². The lowest BCUT2D eigenvalue weighted by atomic mass is 10.2. The van der Waals surface area contributed by atoms with Crippen LogP contribution in [-0.2, 0) is 6.61 Å². The molecule has 3 aromatic carbocycles. The van der Waals surface area contributed by atoms with Crippen LogP contribution in [0.3, 0.4) is 0 Å². The van der Waals surface area contributed by atoms with Crippen molar-refractivity contribution in [3.8, 4) is 5.75 Å². The van der Waals surface area contributed by atoms with E-state index >= 15 is 0 Å². The van der Waals surface area contributed by atoms with Gasteiger partial charge < -0.3 is 10.1 Å². The number of carbonyl (C=O) groups is 1. The van der Waals surface area contributed by atoms with Gasteiger partial charge in [-0.3, -0.25) is 14.9 Å². The van der Waals surface area contributed by atoms with Crippen LogP contribution in [-0.4, -0.2) is 10.8 Å². The van der Waals surface area contributed by atoms with Crippen LogP contribution in [0.15, 0.2) is 72.8 Å². The first kappa shape index (κ1) is 18.1. The zero-order valence-electron chi connectivity index (χ0n) is 14.1. The Labute approximate surface area is 154 Å². The quantitative estimate of drug-likeness (QED) is 0.512. The van der Waals surface area contributed by atoms with Crippen molar-refractivity contribution in [1.82, 2.24) is 0 Å². The topological polar surface area (TPSA) is 81.5 Å². The highest BCUT2D eigenvalue weighted by atomic mass is 19.1. The standard InChI is InChI=1S/C20H15FN2O4/c21-16-4-1-3-14(11-16)13-27-19-6-2-5-17(12-19)22-20(24)15-7-9-18(10-8-15)23(25)26/h1-12H,13H2,(H,22,24). The van der Waals surface area contributed by atoms with Crippen molar-refractivity contribution in [2.75, 3.05) is 5.32 Å². The van der Waals surface area contributed by atoms with Crippen molar-refractivity contribution in [3.05, 3.63) is 99.9 Å². The molecule has 0 fully saturated rings. The monoisotopic (exact) mass is 366 g/mol. The summed E-state index contributed by atoms with van der Waals surface area (Å²) in [4.78, 5) is 22.4. The lowest BCUT2D eigenvalue weighted by molar-refractivity contribution is -0.384. The molecule has 0 spiro atoms. The van der Waals surface area contributed by atoms with Gasteiger partial charge in [-0.2, -0.15) is 0 Å². The summed E-state index contributed by atoms with van der Waals surface area (Å²) in [6.07, 6.45) is 0. The number of anilines is 1. The van der Waals surface area contributed by atoms with E-state index < -0.39 is 10.8 Å². The van der Waals surface area contributed by atoms with Crippen LogP contribution in [0.4, 0.5) is 15.8 Å². The molecule has 1 amide bonds. The van der Waals surface area contributed by atoms with Crippen LogP contribution in [0.1, 0.15) is 15.9 Å². The molecule has 0 aliphatic carbocycles. The Hall–Kier alpha value is -3.74. The van der Waals surface area contributed by atoms with E-state index in [1.807, 2.05) is 0 Å². The third-order valence-electron chi connectivity index (χ3n) is 3.73. The first-order chi connectivity index (χ1) is 13.0. The van der Waals surface area contributed by atoms with Crippen LogP contribution in [0.25, 0.3) is 0 Å². The maximum Gasteiger partial charge on any atom is 0.269 e. The predicted octanol–water partition coefficient (Wildman–Crippen LogP) is 4.57. The molecule has 0 heterocycles. The second kappa shape index (κ2) is 8.09. The zero-order valence-corrected chi connectivity index (χ0v) is 14.1. The first-order valence-electron chi connectivity index (χ1n) is 8.04. The van der Waals surface area contributed by atoms with Crippen LogP contribution < -0.4 is 10.1 Å². The predicted molar refractivity (Wildman–Crippen MR) is 98.2 cm³/mol. The van der Waals surface area contributed by atoms with Gasteiger partial charge in [0.25, 0.3) is 11.6 Å². The van der Waals surface area contributed by atoms with Gasteiger partial charge in [0, 0.05) is 29.4 Å². The molecule has 7 heteroatoms. The summed E-state index contributed by atoms with van der Waals surface area (Å²) in [5, 5.41) is 13.4. The van der Waals surface area contributed by atoms with Gasteiger partial charge in [0.15, 0.2) is 0 Å².